The number of likely N-dealkylation sites (N-methyl/N-ethyl adjacent to an activating group) is 1. The van der Waals surface area contributed by atoms with E-state index in [1.165, 1.54) is 54.3 Å². The van der Waals surface area contributed by atoms with Crippen molar-refractivity contribution in [2.45, 2.75) is 52.0 Å². The molecular formula is C21H27ClN2. The van der Waals surface area contributed by atoms with E-state index in [0.29, 0.717) is 0 Å². The van der Waals surface area contributed by atoms with Gasteiger partial charge in [0.1, 0.15) is 0 Å². The number of allylic oxidation sites excluding steroid dienone is 1. The van der Waals surface area contributed by atoms with E-state index in [2.05, 4.69) is 41.8 Å². The van der Waals surface area contributed by atoms with Gasteiger partial charge in [-0.1, -0.05) is 36.4 Å². The van der Waals surface area contributed by atoms with Crippen molar-refractivity contribution in [3.8, 4) is 0 Å². The standard InChI is InChI=1S/C21H27ClN2/c1-15(16-6-4-3-5-7-16)13-24-20-9-8-17(22)12-18(20)19-14-23(2)11-10-21(19)24/h8-9,12-13,16H,3-7,10-11,14H2,1-2H3/b15-13-. The van der Waals surface area contributed by atoms with E-state index in [-0.39, 0.29) is 0 Å². The van der Waals surface area contributed by atoms with E-state index in [1.54, 1.807) is 5.57 Å². The van der Waals surface area contributed by atoms with Gasteiger partial charge >= 0.3 is 0 Å². The summed E-state index contributed by atoms with van der Waals surface area (Å²) in [6, 6.07) is 6.37. The van der Waals surface area contributed by atoms with Gasteiger partial charge < -0.3 is 9.47 Å². The van der Waals surface area contributed by atoms with Gasteiger partial charge in [0.25, 0.3) is 0 Å². The van der Waals surface area contributed by atoms with Crippen LogP contribution in [-0.2, 0) is 13.0 Å². The zero-order valence-corrected chi connectivity index (χ0v) is 15.6. The van der Waals surface area contributed by atoms with Crippen molar-refractivity contribution in [1.82, 2.24) is 9.47 Å². The van der Waals surface area contributed by atoms with Crippen LogP contribution in [0.3, 0.4) is 0 Å². The van der Waals surface area contributed by atoms with Crippen molar-refractivity contribution < 1.29 is 0 Å². The van der Waals surface area contributed by atoms with Crippen molar-refractivity contribution in [2.75, 3.05) is 13.6 Å². The van der Waals surface area contributed by atoms with Crippen molar-refractivity contribution in [3.05, 3.63) is 40.1 Å². The molecule has 2 aromatic rings. The number of nitrogens with zero attached hydrogens (tertiary/aromatic N) is 2. The molecule has 0 radical (unpaired) electrons. The molecule has 3 heteroatoms. The lowest BCUT2D eigenvalue weighted by atomic mass is 9.85. The number of fused-ring (bicyclic) bond motifs is 3. The highest BCUT2D eigenvalue weighted by Gasteiger charge is 2.23. The third-order valence-corrected chi connectivity index (χ3v) is 6.16. The number of hydrogen-bond acceptors (Lipinski definition) is 1. The molecule has 0 spiro atoms. The van der Waals surface area contributed by atoms with Crippen LogP contribution in [0.5, 0.6) is 0 Å². The Bertz CT molecular complexity index is 781. The average Bonchev–Trinajstić information content (AvgIpc) is 2.88. The lowest BCUT2D eigenvalue weighted by molar-refractivity contribution is 0.312. The first-order chi connectivity index (χ1) is 11.6. The molecule has 4 rings (SSSR count). The molecule has 1 aliphatic heterocycles. The quantitative estimate of drug-likeness (QED) is 0.677. The Labute approximate surface area is 150 Å². The van der Waals surface area contributed by atoms with Crippen LogP contribution in [-0.4, -0.2) is 23.1 Å². The normalized spacial score (nSPS) is 20.5. The van der Waals surface area contributed by atoms with Crippen LogP contribution in [0.1, 0.15) is 50.3 Å². The molecule has 0 atom stereocenters. The monoisotopic (exact) mass is 342 g/mol. The first-order valence-electron chi connectivity index (χ1n) is 9.31. The van der Waals surface area contributed by atoms with Gasteiger partial charge in [0.05, 0.1) is 5.52 Å². The number of rotatable bonds is 2. The van der Waals surface area contributed by atoms with Crippen LogP contribution >= 0.6 is 11.6 Å². The molecule has 2 heterocycles. The predicted octanol–water partition coefficient (Wildman–Crippen LogP) is 5.72. The second-order valence-electron chi connectivity index (χ2n) is 7.65. The Hall–Kier alpha value is -1.25. The Kier molecular flexibility index (Phi) is 4.44. The maximum Gasteiger partial charge on any atom is 0.0529 e. The molecule has 0 unspecified atom stereocenters. The van der Waals surface area contributed by atoms with E-state index >= 15 is 0 Å². The summed E-state index contributed by atoms with van der Waals surface area (Å²) in [5.74, 6) is 0.769. The van der Waals surface area contributed by atoms with Gasteiger partial charge in [-0.25, -0.2) is 0 Å². The highest BCUT2D eigenvalue weighted by Crippen LogP contribution is 2.35. The van der Waals surface area contributed by atoms with Crippen LogP contribution in [0, 0.1) is 5.92 Å². The minimum absolute atomic E-state index is 0.769. The van der Waals surface area contributed by atoms with Crippen LogP contribution in [0.4, 0.5) is 0 Å². The fourth-order valence-electron chi connectivity index (χ4n) is 4.51. The fraction of sp³-hybridized carbons (Fsp3) is 0.524. The van der Waals surface area contributed by atoms with E-state index in [1.807, 2.05) is 6.07 Å². The van der Waals surface area contributed by atoms with Crippen LogP contribution in [0.25, 0.3) is 17.1 Å². The van der Waals surface area contributed by atoms with Crippen molar-refractivity contribution in [3.63, 3.8) is 0 Å². The molecule has 1 aromatic heterocycles. The third kappa shape index (κ3) is 2.91. The summed E-state index contributed by atoms with van der Waals surface area (Å²) < 4.78 is 2.47. The highest BCUT2D eigenvalue weighted by molar-refractivity contribution is 6.31. The van der Waals surface area contributed by atoms with Crippen LogP contribution in [0.2, 0.25) is 5.02 Å². The molecule has 1 saturated carbocycles. The Morgan fingerprint density at radius 1 is 1.21 bits per heavy atom. The first-order valence-corrected chi connectivity index (χ1v) is 9.69. The van der Waals surface area contributed by atoms with Crippen molar-refractivity contribution in [1.29, 1.82) is 0 Å². The third-order valence-electron chi connectivity index (χ3n) is 5.92. The fourth-order valence-corrected chi connectivity index (χ4v) is 4.69. The smallest absolute Gasteiger partial charge is 0.0529 e. The van der Waals surface area contributed by atoms with Gasteiger partial charge in [-0.05, 0) is 56.5 Å². The molecule has 2 nitrogen and oxygen atoms in total. The number of hydrogen-bond donors (Lipinski definition) is 0. The SMILES string of the molecule is C/C(=C/n1c2c(c3cc(Cl)ccc31)CN(C)CC2)C1CCCCC1. The number of benzene rings is 1. The molecule has 0 bridgehead atoms. The molecule has 0 N–H and O–H groups in total. The summed E-state index contributed by atoms with van der Waals surface area (Å²) in [4.78, 5) is 2.41. The number of halogens is 1. The molecule has 1 aromatic carbocycles. The van der Waals surface area contributed by atoms with E-state index < -0.39 is 0 Å². The average molecular weight is 343 g/mol. The van der Waals surface area contributed by atoms with Gasteiger partial charge in [-0.3, -0.25) is 0 Å². The number of aromatic nitrogens is 1. The van der Waals surface area contributed by atoms with E-state index in [0.717, 1.165) is 30.5 Å². The summed E-state index contributed by atoms with van der Waals surface area (Å²) in [5.41, 5.74) is 5.81. The second-order valence-corrected chi connectivity index (χ2v) is 8.09. The Balaban J connectivity index is 1.82. The van der Waals surface area contributed by atoms with Crippen LogP contribution in [0.15, 0.2) is 23.8 Å². The van der Waals surface area contributed by atoms with Crippen LogP contribution < -0.4 is 0 Å². The largest absolute Gasteiger partial charge is 0.320 e. The van der Waals surface area contributed by atoms with Gasteiger partial charge in [0, 0.05) is 41.8 Å². The minimum atomic E-state index is 0.769. The Morgan fingerprint density at radius 2 is 2.00 bits per heavy atom. The maximum atomic E-state index is 6.30. The van der Waals surface area contributed by atoms with Gasteiger partial charge in [0.15, 0.2) is 0 Å². The van der Waals surface area contributed by atoms with Gasteiger partial charge in [-0.2, -0.15) is 0 Å². The van der Waals surface area contributed by atoms with Crippen molar-refractivity contribution >= 4 is 28.7 Å². The highest BCUT2D eigenvalue weighted by atomic mass is 35.5. The second kappa shape index (κ2) is 6.57. The van der Waals surface area contributed by atoms with E-state index in [9.17, 15) is 0 Å². The topological polar surface area (TPSA) is 8.17 Å². The summed E-state index contributed by atoms with van der Waals surface area (Å²) in [6.45, 7) is 4.49. The zero-order chi connectivity index (χ0) is 16.7. The zero-order valence-electron chi connectivity index (χ0n) is 14.8. The summed E-state index contributed by atoms with van der Waals surface area (Å²) >= 11 is 6.30. The molecular weight excluding hydrogens is 316 g/mol. The molecule has 1 aliphatic carbocycles. The minimum Gasteiger partial charge on any atom is -0.320 e. The first kappa shape index (κ1) is 16.2. The molecule has 0 saturated heterocycles. The molecule has 2 aliphatic rings. The lowest BCUT2D eigenvalue weighted by Gasteiger charge is -2.25. The van der Waals surface area contributed by atoms with Gasteiger partial charge in [-0.15, -0.1) is 0 Å². The molecule has 128 valence electrons. The summed E-state index contributed by atoms with van der Waals surface area (Å²) in [6.07, 6.45) is 10.5. The van der Waals surface area contributed by atoms with Crippen molar-refractivity contribution in [2.24, 2.45) is 5.92 Å². The Morgan fingerprint density at radius 3 is 2.79 bits per heavy atom. The molecule has 0 amide bonds. The summed E-state index contributed by atoms with van der Waals surface area (Å²) in [5, 5.41) is 2.17. The summed E-state index contributed by atoms with van der Waals surface area (Å²) in [7, 11) is 2.21. The maximum absolute atomic E-state index is 6.30. The van der Waals surface area contributed by atoms with Gasteiger partial charge in [0.2, 0.25) is 0 Å². The predicted molar refractivity (Wildman–Crippen MR) is 104 cm³/mol. The molecule has 24 heavy (non-hydrogen) atoms. The molecule has 1 fully saturated rings. The van der Waals surface area contributed by atoms with E-state index in [4.69, 9.17) is 11.6 Å². The lowest BCUT2D eigenvalue weighted by Crippen LogP contribution is -2.26.